The number of carbonyl (C=O) groups excluding carboxylic acids is 1. The molecule has 3 unspecified atom stereocenters. The number of rotatable bonds is 11. The third-order valence-corrected chi connectivity index (χ3v) is 9.50. The van der Waals surface area contributed by atoms with Gasteiger partial charge in [-0.05, 0) is 74.1 Å². The molecular weight excluding hydrogens is 554 g/mol. The lowest BCUT2D eigenvalue weighted by molar-refractivity contribution is -0.154. The second kappa shape index (κ2) is 11.7. The molecule has 1 aliphatic heterocycles. The van der Waals surface area contributed by atoms with E-state index in [1.807, 2.05) is 12.1 Å². The van der Waals surface area contributed by atoms with Gasteiger partial charge in [0.05, 0.1) is 24.7 Å². The fourth-order valence-electron chi connectivity index (χ4n) is 6.16. The molecule has 0 radical (unpaired) electrons. The molecule has 212 valence electrons. The highest BCUT2D eigenvalue weighted by molar-refractivity contribution is 8.26. The zero-order valence-electron chi connectivity index (χ0n) is 22.3. The Bertz CT molecular complexity index is 1370. The maximum atomic E-state index is 13.5. The van der Waals surface area contributed by atoms with Crippen molar-refractivity contribution in [3.05, 3.63) is 40.5 Å². The van der Waals surface area contributed by atoms with Crippen LogP contribution < -0.4 is 9.47 Å². The first-order valence-corrected chi connectivity index (χ1v) is 14.5. The molecule has 1 amide bonds. The van der Waals surface area contributed by atoms with Gasteiger partial charge >= 0.3 is 11.9 Å². The first-order chi connectivity index (χ1) is 19.2. The van der Waals surface area contributed by atoms with E-state index < -0.39 is 17.9 Å². The van der Waals surface area contributed by atoms with Gasteiger partial charge in [0.2, 0.25) is 0 Å². The minimum absolute atomic E-state index is 0.0389. The van der Waals surface area contributed by atoms with Crippen molar-refractivity contribution in [2.45, 2.75) is 51.0 Å². The fourth-order valence-corrected chi connectivity index (χ4v) is 7.50. The molecule has 3 aliphatic rings. The van der Waals surface area contributed by atoms with Gasteiger partial charge < -0.3 is 24.1 Å². The fraction of sp³-hybridized carbons (Fsp3) is 0.448. The van der Waals surface area contributed by atoms with Crippen LogP contribution in [-0.2, 0) is 20.8 Å². The summed E-state index contributed by atoms with van der Waals surface area (Å²) in [5.41, 5.74) is 1.40. The molecule has 3 atom stereocenters. The van der Waals surface area contributed by atoms with Gasteiger partial charge in [-0.2, -0.15) is 0 Å². The Labute approximate surface area is 241 Å². The van der Waals surface area contributed by atoms with E-state index in [-0.39, 0.29) is 18.4 Å². The Balaban J connectivity index is 1.45. The van der Waals surface area contributed by atoms with Crippen LogP contribution in [0.5, 0.6) is 11.5 Å². The average molecular weight is 586 g/mol. The summed E-state index contributed by atoms with van der Waals surface area (Å²) in [5, 5.41) is 18.5. The van der Waals surface area contributed by atoms with Crippen LogP contribution in [0.3, 0.4) is 0 Å². The summed E-state index contributed by atoms with van der Waals surface area (Å²) in [4.78, 5) is 38.5. The number of hydrogen-bond acceptors (Lipinski definition) is 8. The monoisotopic (exact) mass is 585 g/mol. The number of hydrogen-bond donors (Lipinski definition) is 2. The SMILES string of the molecule is COc1ccc(-c2cc(CCCC(C(=O)O)C(=O)O)c(/C=C3\SC(=S)N(C4CC5CCC4C5)C3=O)o2)c(OC)c1. The predicted octanol–water partition coefficient (Wildman–Crippen LogP) is 5.46. The second-order valence-corrected chi connectivity index (χ2v) is 12.2. The van der Waals surface area contributed by atoms with Gasteiger partial charge in [-0.3, -0.25) is 19.3 Å². The van der Waals surface area contributed by atoms with Crippen molar-refractivity contribution in [3.63, 3.8) is 0 Å². The predicted molar refractivity (Wildman–Crippen MR) is 153 cm³/mol. The number of nitrogens with zero attached hydrogens (tertiary/aromatic N) is 1. The van der Waals surface area contributed by atoms with Gasteiger partial charge in [0.15, 0.2) is 5.92 Å². The van der Waals surface area contributed by atoms with Crippen LogP contribution >= 0.6 is 24.0 Å². The third-order valence-electron chi connectivity index (χ3n) is 8.17. The zero-order chi connectivity index (χ0) is 28.6. The molecule has 3 fully saturated rings. The molecular formula is C29H31NO8S2. The second-order valence-electron chi connectivity index (χ2n) is 10.5. The van der Waals surface area contributed by atoms with E-state index in [1.165, 1.54) is 18.2 Å². The van der Waals surface area contributed by atoms with Gasteiger partial charge in [0.25, 0.3) is 5.91 Å². The minimum atomic E-state index is -1.49. The molecule has 1 saturated heterocycles. The number of carbonyl (C=O) groups is 3. The summed E-state index contributed by atoms with van der Waals surface area (Å²) in [6.45, 7) is 0. The molecule has 2 saturated carbocycles. The van der Waals surface area contributed by atoms with Crippen LogP contribution in [0, 0.1) is 17.8 Å². The number of fused-ring (bicyclic) bond motifs is 2. The van der Waals surface area contributed by atoms with Gasteiger partial charge in [0, 0.05) is 18.2 Å². The number of ether oxygens (including phenoxy) is 2. The topological polar surface area (TPSA) is 127 Å². The largest absolute Gasteiger partial charge is 0.497 e. The summed E-state index contributed by atoms with van der Waals surface area (Å²) in [6, 6.07) is 7.30. The van der Waals surface area contributed by atoms with Crippen LogP contribution in [0.25, 0.3) is 17.4 Å². The van der Waals surface area contributed by atoms with E-state index in [9.17, 15) is 24.6 Å². The number of furan rings is 1. The van der Waals surface area contributed by atoms with Crippen molar-refractivity contribution in [2.24, 2.45) is 17.8 Å². The number of methoxy groups -OCH3 is 2. The zero-order valence-corrected chi connectivity index (χ0v) is 23.9. The van der Waals surface area contributed by atoms with E-state index in [0.29, 0.717) is 62.5 Å². The van der Waals surface area contributed by atoms with Crippen molar-refractivity contribution in [1.82, 2.24) is 4.90 Å². The summed E-state index contributed by atoms with van der Waals surface area (Å²) in [5.74, 6) is -1.08. The molecule has 11 heteroatoms. The minimum Gasteiger partial charge on any atom is -0.497 e. The normalized spacial score (nSPS) is 23.0. The summed E-state index contributed by atoms with van der Waals surface area (Å²) in [7, 11) is 3.11. The Morgan fingerprint density at radius 3 is 2.58 bits per heavy atom. The molecule has 1 aromatic carbocycles. The number of carboxylic acids is 2. The van der Waals surface area contributed by atoms with Crippen LogP contribution in [0.15, 0.2) is 33.6 Å². The molecule has 40 heavy (non-hydrogen) atoms. The van der Waals surface area contributed by atoms with Crippen LogP contribution in [-0.4, -0.2) is 57.5 Å². The van der Waals surface area contributed by atoms with E-state index in [2.05, 4.69) is 0 Å². The number of thioether (sulfide) groups is 1. The first kappa shape index (κ1) is 28.2. The van der Waals surface area contributed by atoms with Crippen molar-refractivity contribution in [2.75, 3.05) is 14.2 Å². The van der Waals surface area contributed by atoms with Crippen LogP contribution in [0.1, 0.15) is 49.8 Å². The number of benzene rings is 1. The smallest absolute Gasteiger partial charge is 0.317 e. The molecule has 2 bridgehead atoms. The number of thiocarbonyl (C=S) groups is 1. The van der Waals surface area contributed by atoms with Gasteiger partial charge in [-0.25, -0.2) is 0 Å². The highest BCUT2D eigenvalue weighted by Gasteiger charge is 2.48. The van der Waals surface area contributed by atoms with Gasteiger partial charge in [0.1, 0.15) is 27.3 Å². The Kier molecular flexibility index (Phi) is 8.23. The molecule has 2 N–H and O–H groups in total. The molecule has 9 nitrogen and oxygen atoms in total. The van der Waals surface area contributed by atoms with E-state index in [0.717, 1.165) is 24.8 Å². The highest BCUT2D eigenvalue weighted by atomic mass is 32.2. The lowest BCUT2D eigenvalue weighted by atomic mass is 9.94. The van der Waals surface area contributed by atoms with E-state index >= 15 is 0 Å². The number of aliphatic carboxylic acids is 2. The van der Waals surface area contributed by atoms with Crippen LogP contribution in [0.2, 0.25) is 0 Å². The average Bonchev–Trinajstić information content (AvgIpc) is 3.70. The maximum Gasteiger partial charge on any atom is 0.317 e. The molecule has 1 aromatic heterocycles. The van der Waals surface area contributed by atoms with Gasteiger partial charge in [-0.1, -0.05) is 30.4 Å². The summed E-state index contributed by atoms with van der Waals surface area (Å²) in [6.07, 6.45) is 6.83. The Hall–Kier alpha value is -3.31. The van der Waals surface area contributed by atoms with Crippen LogP contribution in [0.4, 0.5) is 0 Å². The standard InChI is InChI=1S/C29H31NO8S2/c1-36-18-8-9-19(23(13-18)37-2)24-12-17(4-3-5-20(27(32)33)28(34)35)22(38-24)14-25-26(31)30(29(39)40-25)21-11-15-6-7-16(21)10-15/h8-9,12-16,20-21H,3-7,10-11H2,1-2H3,(H,32,33)(H,34,35)/b25-14-. The quantitative estimate of drug-likeness (QED) is 0.199. The number of carboxylic acid groups (broad SMARTS) is 2. The molecule has 0 spiro atoms. The number of amides is 1. The van der Waals surface area contributed by atoms with Crippen molar-refractivity contribution in [3.8, 4) is 22.8 Å². The van der Waals surface area contributed by atoms with Gasteiger partial charge in [-0.15, -0.1) is 0 Å². The molecule has 2 aromatic rings. The molecule has 2 heterocycles. The van der Waals surface area contributed by atoms with E-state index in [4.69, 9.17) is 26.1 Å². The maximum absolute atomic E-state index is 13.5. The molecule has 5 rings (SSSR count). The van der Waals surface area contributed by atoms with Crippen molar-refractivity contribution in [1.29, 1.82) is 0 Å². The first-order valence-electron chi connectivity index (χ1n) is 13.3. The number of aryl methyl sites for hydroxylation is 1. The lowest BCUT2D eigenvalue weighted by Gasteiger charge is -2.30. The van der Waals surface area contributed by atoms with Crippen molar-refractivity contribution >= 4 is 52.2 Å². The summed E-state index contributed by atoms with van der Waals surface area (Å²) < 4.78 is 17.7. The van der Waals surface area contributed by atoms with Crippen molar-refractivity contribution < 1.29 is 38.5 Å². The van der Waals surface area contributed by atoms with E-state index in [1.54, 1.807) is 37.3 Å². The highest BCUT2D eigenvalue weighted by Crippen LogP contribution is 2.49. The lowest BCUT2D eigenvalue weighted by Crippen LogP contribution is -2.41. The Morgan fingerprint density at radius 1 is 1.18 bits per heavy atom. The Morgan fingerprint density at radius 2 is 1.95 bits per heavy atom. The molecule has 2 aliphatic carbocycles. The third kappa shape index (κ3) is 5.49. The summed E-state index contributed by atoms with van der Waals surface area (Å²) >= 11 is 6.90.